The highest BCUT2D eigenvalue weighted by Crippen LogP contribution is 2.33. The summed E-state index contributed by atoms with van der Waals surface area (Å²) in [4.78, 5) is 7.59. The van der Waals surface area contributed by atoms with Gasteiger partial charge in [0.2, 0.25) is 0 Å². The van der Waals surface area contributed by atoms with Crippen molar-refractivity contribution in [3.63, 3.8) is 0 Å². The smallest absolute Gasteiger partial charge is 0.143 e. The van der Waals surface area contributed by atoms with E-state index in [1.54, 1.807) is 0 Å². The van der Waals surface area contributed by atoms with Crippen molar-refractivity contribution in [2.45, 2.75) is 70.4 Å². The van der Waals surface area contributed by atoms with Gasteiger partial charge in [-0.2, -0.15) is 11.8 Å². The van der Waals surface area contributed by atoms with Crippen LogP contribution in [0.15, 0.2) is 4.99 Å². The zero-order valence-electron chi connectivity index (χ0n) is 13.9. The molecule has 3 rings (SSSR count). The number of aliphatic hydroxyl groups is 1. The van der Waals surface area contributed by atoms with Crippen LogP contribution in [-0.4, -0.2) is 64.8 Å². The molecule has 1 N–H and O–H groups in total. The van der Waals surface area contributed by atoms with E-state index < -0.39 is 0 Å². The molecule has 2 saturated heterocycles. The Morgan fingerprint density at radius 3 is 2.59 bits per heavy atom. The number of aliphatic imine (C=N–C) groups is 1. The summed E-state index contributed by atoms with van der Waals surface area (Å²) in [6.45, 7) is 6.81. The molecule has 4 nitrogen and oxygen atoms in total. The lowest BCUT2D eigenvalue weighted by Gasteiger charge is -2.26. The maximum atomic E-state index is 9.67. The molecule has 3 aliphatic rings. The summed E-state index contributed by atoms with van der Waals surface area (Å²) in [6, 6.07) is 0.397. The number of aliphatic hydroxyl groups excluding tert-OH is 1. The van der Waals surface area contributed by atoms with Crippen LogP contribution in [0.4, 0.5) is 0 Å². The summed E-state index contributed by atoms with van der Waals surface area (Å²) in [5.74, 6) is 2.95. The van der Waals surface area contributed by atoms with E-state index in [4.69, 9.17) is 9.73 Å². The fourth-order valence-electron chi connectivity index (χ4n) is 3.52. The van der Waals surface area contributed by atoms with Gasteiger partial charge in [-0.3, -0.25) is 9.89 Å². The van der Waals surface area contributed by atoms with Crippen molar-refractivity contribution >= 4 is 17.5 Å². The second-order valence-electron chi connectivity index (χ2n) is 6.92. The monoisotopic (exact) mass is 326 g/mol. The molecule has 0 aromatic carbocycles. The highest BCUT2D eigenvalue weighted by molar-refractivity contribution is 7.99. The molecule has 2 heterocycles. The van der Waals surface area contributed by atoms with Crippen molar-refractivity contribution in [2.24, 2.45) is 10.9 Å². The second kappa shape index (κ2) is 7.65. The highest BCUT2D eigenvalue weighted by atomic mass is 32.2. The van der Waals surface area contributed by atoms with Gasteiger partial charge in [-0.25, -0.2) is 0 Å². The van der Waals surface area contributed by atoms with Crippen molar-refractivity contribution in [3.05, 3.63) is 0 Å². The van der Waals surface area contributed by atoms with Crippen LogP contribution in [0, 0.1) is 5.92 Å². The van der Waals surface area contributed by atoms with E-state index in [0.717, 1.165) is 45.2 Å². The van der Waals surface area contributed by atoms with E-state index >= 15 is 0 Å². The zero-order chi connectivity index (χ0) is 15.5. The van der Waals surface area contributed by atoms with Gasteiger partial charge in [0.05, 0.1) is 12.1 Å². The molecule has 0 aromatic rings. The Balaban J connectivity index is 1.63. The van der Waals surface area contributed by atoms with Gasteiger partial charge in [-0.05, 0) is 38.0 Å². The number of rotatable bonds is 5. The zero-order valence-corrected chi connectivity index (χ0v) is 14.7. The normalized spacial score (nSPS) is 38.8. The fraction of sp³-hybridized carbons (Fsp3) is 0.941. The van der Waals surface area contributed by atoms with Gasteiger partial charge < -0.3 is 9.84 Å². The molecule has 3 unspecified atom stereocenters. The van der Waals surface area contributed by atoms with E-state index in [0.29, 0.717) is 12.0 Å². The molecular weight excluding hydrogens is 296 g/mol. The minimum atomic E-state index is -0.103. The van der Waals surface area contributed by atoms with Crippen molar-refractivity contribution in [1.29, 1.82) is 0 Å². The van der Waals surface area contributed by atoms with Crippen molar-refractivity contribution in [2.75, 3.05) is 24.6 Å². The number of ether oxygens (including phenoxy) is 1. The second-order valence-corrected chi connectivity index (χ2v) is 8.15. The Bertz CT molecular complexity index is 390. The molecule has 0 aromatic heterocycles. The first-order chi connectivity index (χ1) is 10.7. The third-order valence-corrected chi connectivity index (χ3v) is 6.22. The number of hydrogen-bond donors (Lipinski definition) is 1. The molecule has 22 heavy (non-hydrogen) atoms. The van der Waals surface area contributed by atoms with Crippen LogP contribution >= 0.6 is 11.8 Å². The van der Waals surface area contributed by atoms with Crippen LogP contribution in [0.3, 0.4) is 0 Å². The minimum Gasteiger partial charge on any atom is -0.393 e. The van der Waals surface area contributed by atoms with Crippen LogP contribution in [0.25, 0.3) is 0 Å². The topological polar surface area (TPSA) is 48.4 Å². The minimum absolute atomic E-state index is 0.103. The lowest BCUT2D eigenvalue weighted by Crippen LogP contribution is -2.38. The molecule has 2 aliphatic heterocycles. The van der Waals surface area contributed by atoms with Crippen LogP contribution < -0.4 is 0 Å². The van der Waals surface area contributed by atoms with Crippen molar-refractivity contribution in [1.82, 2.24) is 4.90 Å². The van der Waals surface area contributed by atoms with E-state index in [1.165, 1.54) is 17.2 Å². The molecule has 126 valence electrons. The van der Waals surface area contributed by atoms with Gasteiger partial charge >= 0.3 is 0 Å². The predicted molar refractivity (Wildman–Crippen MR) is 92.7 cm³/mol. The summed E-state index contributed by atoms with van der Waals surface area (Å²) < 4.78 is 6.04. The first kappa shape index (κ1) is 16.7. The predicted octanol–water partition coefficient (Wildman–Crippen LogP) is 2.55. The lowest BCUT2D eigenvalue weighted by molar-refractivity contribution is 0.123. The van der Waals surface area contributed by atoms with E-state index in [-0.39, 0.29) is 18.4 Å². The average Bonchev–Trinajstić information content (AvgIpc) is 3.35. The molecule has 1 saturated carbocycles. The van der Waals surface area contributed by atoms with Gasteiger partial charge in [-0.15, -0.1) is 0 Å². The molecule has 0 radical (unpaired) electrons. The first-order valence-electron chi connectivity index (χ1n) is 8.92. The molecule has 5 heteroatoms. The largest absolute Gasteiger partial charge is 0.393 e. The maximum Gasteiger partial charge on any atom is 0.143 e. The van der Waals surface area contributed by atoms with Crippen LogP contribution in [-0.2, 0) is 4.74 Å². The quantitative estimate of drug-likeness (QED) is 0.623. The molecule has 0 spiro atoms. The summed E-state index contributed by atoms with van der Waals surface area (Å²) in [5.41, 5.74) is 1.28. The summed E-state index contributed by atoms with van der Waals surface area (Å²) >= 11 is 2.04. The van der Waals surface area contributed by atoms with E-state index in [2.05, 4.69) is 18.7 Å². The van der Waals surface area contributed by atoms with E-state index in [1.807, 2.05) is 11.8 Å². The molecule has 0 amide bonds. The standard InChI is InChI=1S/C17H30N2O2S/c1-3-12(2)15(18-13-4-6-14(20)7-5-13)16-17(21-16)19-8-10-22-11-9-19/h12-14,16-17,20H,3-11H2,1-2H3. The molecular formula is C17H30N2O2S. The number of hydrogen-bond acceptors (Lipinski definition) is 5. The molecule has 3 atom stereocenters. The molecule has 3 fully saturated rings. The number of nitrogens with zero attached hydrogens (tertiary/aromatic N) is 2. The van der Waals surface area contributed by atoms with Gasteiger partial charge in [0.1, 0.15) is 12.3 Å². The first-order valence-corrected chi connectivity index (χ1v) is 10.1. The Morgan fingerprint density at radius 2 is 1.95 bits per heavy atom. The SMILES string of the molecule is CCC(C)C(=NC1CCC(O)CC1)C1OC1N1CCSCC1. The Hall–Kier alpha value is -0.100. The number of thioether (sulfide) groups is 1. The Labute approximate surface area is 138 Å². The summed E-state index contributed by atoms with van der Waals surface area (Å²) in [6.07, 6.45) is 5.39. The van der Waals surface area contributed by atoms with Crippen LogP contribution in [0.5, 0.6) is 0 Å². The summed E-state index contributed by atoms with van der Waals surface area (Å²) in [7, 11) is 0. The van der Waals surface area contributed by atoms with Crippen LogP contribution in [0.1, 0.15) is 46.0 Å². The molecule has 1 aliphatic carbocycles. The van der Waals surface area contributed by atoms with Gasteiger partial charge in [0.25, 0.3) is 0 Å². The molecule has 0 bridgehead atoms. The summed E-state index contributed by atoms with van der Waals surface area (Å²) in [5, 5.41) is 9.67. The fourth-order valence-corrected chi connectivity index (χ4v) is 4.45. The third-order valence-electron chi connectivity index (χ3n) is 5.28. The highest BCUT2D eigenvalue weighted by Gasteiger charge is 2.48. The maximum absolute atomic E-state index is 9.67. The number of epoxide rings is 1. The van der Waals surface area contributed by atoms with Gasteiger partial charge in [-0.1, -0.05) is 13.8 Å². The van der Waals surface area contributed by atoms with Gasteiger partial charge in [0.15, 0.2) is 0 Å². The lowest BCUT2D eigenvalue weighted by atomic mass is 9.92. The van der Waals surface area contributed by atoms with Crippen LogP contribution in [0.2, 0.25) is 0 Å². The van der Waals surface area contributed by atoms with Crippen molar-refractivity contribution in [3.8, 4) is 0 Å². The van der Waals surface area contributed by atoms with Gasteiger partial charge in [0, 0.05) is 30.3 Å². The third kappa shape index (κ3) is 4.05. The van der Waals surface area contributed by atoms with E-state index in [9.17, 15) is 5.11 Å². The Kier molecular flexibility index (Phi) is 5.82. The average molecular weight is 327 g/mol. The Morgan fingerprint density at radius 1 is 1.27 bits per heavy atom. The van der Waals surface area contributed by atoms with Crippen molar-refractivity contribution < 1.29 is 9.84 Å².